The highest BCUT2D eigenvalue weighted by molar-refractivity contribution is 5.39. The quantitative estimate of drug-likeness (QED) is 0.918. The van der Waals surface area contributed by atoms with Crippen LogP contribution in [0.25, 0.3) is 0 Å². The largest absolute Gasteiger partial charge is 0.378 e. The summed E-state index contributed by atoms with van der Waals surface area (Å²) >= 11 is 0. The van der Waals surface area contributed by atoms with Crippen LogP contribution in [0.1, 0.15) is 37.2 Å². The van der Waals surface area contributed by atoms with E-state index in [1.165, 1.54) is 7.11 Å². The zero-order chi connectivity index (χ0) is 14.6. The Morgan fingerprint density at radius 1 is 1.45 bits per heavy atom. The summed E-state index contributed by atoms with van der Waals surface area (Å²) in [6.07, 6.45) is 0.536. The molecule has 0 amide bonds. The summed E-state index contributed by atoms with van der Waals surface area (Å²) in [6.45, 7) is 0.272. The van der Waals surface area contributed by atoms with Gasteiger partial charge in [-0.15, -0.1) is 0 Å². The van der Waals surface area contributed by atoms with Crippen LogP contribution in [0.3, 0.4) is 0 Å². The Morgan fingerprint density at radius 3 is 2.75 bits per heavy atom. The Balaban J connectivity index is 2.05. The lowest BCUT2D eigenvalue weighted by atomic mass is 9.92. The van der Waals surface area contributed by atoms with Gasteiger partial charge in [-0.3, -0.25) is 0 Å². The van der Waals surface area contributed by atoms with Crippen molar-refractivity contribution in [2.45, 2.75) is 44.3 Å². The van der Waals surface area contributed by atoms with Crippen LogP contribution in [0, 0.1) is 11.3 Å². The summed E-state index contributed by atoms with van der Waals surface area (Å²) < 4.78 is 31.1. The molecule has 0 radical (unpaired) electrons. The molecule has 1 N–H and O–H groups in total. The predicted molar refractivity (Wildman–Crippen MR) is 68.3 cm³/mol. The molecule has 5 nitrogen and oxygen atoms in total. The van der Waals surface area contributed by atoms with Crippen molar-refractivity contribution in [3.8, 4) is 6.07 Å². The molecule has 20 heavy (non-hydrogen) atoms. The number of nitrogens with zero attached hydrogens (tertiary/aromatic N) is 3. The minimum Gasteiger partial charge on any atom is -0.378 e. The van der Waals surface area contributed by atoms with Gasteiger partial charge in [0.15, 0.2) is 0 Å². The van der Waals surface area contributed by atoms with Gasteiger partial charge in [0.2, 0.25) is 11.7 Å². The molecule has 0 aromatic carbocycles. The molecule has 1 aliphatic carbocycles. The first-order chi connectivity index (χ1) is 9.52. The highest BCUT2D eigenvalue weighted by atomic mass is 19.3. The van der Waals surface area contributed by atoms with Crippen molar-refractivity contribution >= 4 is 5.82 Å². The van der Waals surface area contributed by atoms with E-state index in [-0.39, 0.29) is 31.3 Å². The maximum Gasteiger partial charge on any atom is 0.248 e. The number of hydrogen-bond donors (Lipinski definition) is 1. The fourth-order valence-electron chi connectivity index (χ4n) is 2.24. The number of halogens is 2. The van der Waals surface area contributed by atoms with Gasteiger partial charge in [0.1, 0.15) is 11.9 Å². The first-order valence-corrected chi connectivity index (χ1v) is 6.44. The van der Waals surface area contributed by atoms with Crippen molar-refractivity contribution in [1.29, 1.82) is 5.26 Å². The van der Waals surface area contributed by atoms with Gasteiger partial charge < -0.3 is 10.1 Å². The Labute approximate surface area is 116 Å². The number of ether oxygens (including phenoxy) is 1. The number of nitriles is 1. The molecule has 1 aromatic heterocycles. The molecule has 108 valence electrons. The summed E-state index contributed by atoms with van der Waals surface area (Å²) in [5, 5.41) is 12.0. The Kier molecular flexibility index (Phi) is 4.45. The highest BCUT2D eigenvalue weighted by Crippen LogP contribution is 2.34. The van der Waals surface area contributed by atoms with Gasteiger partial charge in [-0.05, 0) is 12.8 Å². The zero-order valence-electron chi connectivity index (χ0n) is 11.2. The molecular weight excluding hydrogens is 266 g/mol. The molecule has 1 saturated carbocycles. The first kappa shape index (κ1) is 14.6. The predicted octanol–water partition coefficient (Wildman–Crippen LogP) is 2.48. The van der Waals surface area contributed by atoms with Gasteiger partial charge in [0, 0.05) is 32.1 Å². The second-order valence-electron chi connectivity index (χ2n) is 4.89. The number of alkyl halides is 2. The van der Waals surface area contributed by atoms with Crippen LogP contribution in [-0.2, 0) is 11.3 Å². The van der Waals surface area contributed by atoms with Gasteiger partial charge in [-0.25, -0.2) is 18.7 Å². The van der Waals surface area contributed by atoms with Crippen molar-refractivity contribution < 1.29 is 13.5 Å². The smallest absolute Gasteiger partial charge is 0.248 e. The standard InChI is InChI=1S/C13H16F2N4O/c1-20-8-10-6-11(19-12(7-16)18-10)17-9-2-4-13(14,15)5-3-9/h6,9H,2-5,8H2,1H3,(H,17,18,19). The van der Waals surface area contributed by atoms with Gasteiger partial charge in [-0.1, -0.05) is 0 Å². The molecule has 2 rings (SSSR count). The van der Waals surface area contributed by atoms with E-state index in [0.29, 0.717) is 24.4 Å². The van der Waals surface area contributed by atoms with Crippen LogP contribution in [0.2, 0.25) is 0 Å². The molecule has 0 saturated heterocycles. The summed E-state index contributed by atoms with van der Waals surface area (Å²) in [5.74, 6) is -2.02. The van der Waals surface area contributed by atoms with Gasteiger partial charge in [0.25, 0.3) is 0 Å². The van der Waals surface area contributed by atoms with E-state index in [1.54, 1.807) is 6.07 Å². The lowest BCUT2D eigenvalue weighted by Crippen LogP contribution is -2.32. The second-order valence-corrected chi connectivity index (χ2v) is 4.89. The van der Waals surface area contributed by atoms with E-state index in [1.807, 2.05) is 6.07 Å². The molecule has 1 heterocycles. The number of hydrogen-bond acceptors (Lipinski definition) is 5. The Morgan fingerprint density at radius 2 is 2.15 bits per heavy atom. The average molecular weight is 282 g/mol. The third kappa shape index (κ3) is 3.84. The zero-order valence-corrected chi connectivity index (χ0v) is 11.2. The van der Waals surface area contributed by atoms with Crippen molar-refractivity contribution in [1.82, 2.24) is 9.97 Å². The molecular formula is C13H16F2N4O. The van der Waals surface area contributed by atoms with E-state index in [4.69, 9.17) is 10.00 Å². The van der Waals surface area contributed by atoms with Crippen molar-refractivity contribution in [2.75, 3.05) is 12.4 Å². The van der Waals surface area contributed by atoms with E-state index in [2.05, 4.69) is 15.3 Å². The van der Waals surface area contributed by atoms with Gasteiger partial charge in [0.05, 0.1) is 12.3 Å². The number of aromatic nitrogens is 2. The fourth-order valence-corrected chi connectivity index (χ4v) is 2.24. The molecule has 0 unspecified atom stereocenters. The molecule has 1 fully saturated rings. The van der Waals surface area contributed by atoms with Crippen molar-refractivity contribution in [3.05, 3.63) is 17.6 Å². The van der Waals surface area contributed by atoms with E-state index in [0.717, 1.165) is 0 Å². The molecule has 1 aliphatic rings. The Bertz CT molecular complexity index is 506. The van der Waals surface area contributed by atoms with Crippen molar-refractivity contribution in [3.63, 3.8) is 0 Å². The number of anilines is 1. The SMILES string of the molecule is COCc1cc(NC2CCC(F)(F)CC2)nc(C#N)n1. The van der Waals surface area contributed by atoms with Crippen LogP contribution in [0.15, 0.2) is 6.07 Å². The monoisotopic (exact) mass is 282 g/mol. The molecule has 0 spiro atoms. The average Bonchev–Trinajstić information content (AvgIpc) is 2.41. The number of rotatable bonds is 4. The van der Waals surface area contributed by atoms with Crippen LogP contribution in [0.4, 0.5) is 14.6 Å². The normalized spacial score (nSPS) is 18.5. The minimum atomic E-state index is -2.55. The lowest BCUT2D eigenvalue weighted by molar-refractivity contribution is -0.0361. The maximum atomic E-state index is 13.1. The fraction of sp³-hybridized carbons (Fsp3) is 0.615. The minimum absolute atomic E-state index is 0.0446. The maximum absolute atomic E-state index is 13.1. The summed E-state index contributed by atoms with van der Waals surface area (Å²) in [4.78, 5) is 8.04. The lowest BCUT2D eigenvalue weighted by Gasteiger charge is -2.29. The first-order valence-electron chi connectivity index (χ1n) is 6.44. The van der Waals surface area contributed by atoms with Gasteiger partial charge in [-0.2, -0.15) is 5.26 Å². The summed E-state index contributed by atoms with van der Waals surface area (Å²) in [5.41, 5.74) is 0.586. The van der Waals surface area contributed by atoms with E-state index in [9.17, 15) is 8.78 Å². The van der Waals surface area contributed by atoms with Gasteiger partial charge >= 0.3 is 0 Å². The molecule has 1 aromatic rings. The Hall–Kier alpha value is -1.81. The summed E-state index contributed by atoms with van der Waals surface area (Å²) in [7, 11) is 1.53. The third-order valence-electron chi connectivity index (χ3n) is 3.24. The third-order valence-corrected chi connectivity index (χ3v) is 3.24. The molecule has 7 heteroatoms. The number of nitrogens with one attached hydrogen (secondary N) is 1. The van der Waals surface area contributed by atoms with E-state index >= 15 is 0 Å². The molecule has 0 aliphatic heterocycles. The van der Waals surface area contributed by atoms with E-state index < -0.39 is 5.92 Å². The van der Waals surface area contributed by atoms with Crippen LogP contribution < -0.4 is 5.32 Å². The topological polar surface area (TPSA) is 70.8 Å². The van der Waals surface area contributed by atoms with Crippen LogP contribution in [0.5, 0.6) is 0 Å². The van der Waals surface area contributed by atoms with Crippen LogP contribution >= 0.6 is 0 Å². The van der Waals surface area contributed by atoms with Crippen LogP contribution in [-0.4, -0.2) is 29.0 Å². The summed E-state index contributed by atoms with van der Waals surface area (Å²) in [6, 6.07) is 3.51. The number of methoxy groups -OCH3 is 1. The molecule has 0 atom stereocenters. The van der Waals surface area contributed by atoms with Crippen molar-refractivity contribution in [2.24, 2.45) is 0 Å². The molecule has 0 bridgehead atoms. The highest BCUT2D eigenvalue weighted by Gasteiger charge is 2.34. The second kappa shape index (κ2) is 6.09.